The summed E-state index contributed by atoms with van der Waals surface area (Å²) in [5.74, 6) is -0.0726. The standard InChI is InChI=1S/C21H23ClN4OS/c1-12-8-14(3)19(15(4)9-12)24-20(27)16(5)28-21-25-23-11-26(21)17-7-6-13(2)18(22)10-17/h6-11,16H,1-5H3,(H,24,27). The molecule has 1 atom stereocenters. The van der Waals surface area contributed by atoms with Gasteiger partial charge in [0.2, 0.25) is 5.91 Å². The van der Waals surface area contributed by atoms with E-state index in [0.29, 0.717) is 10.2 Å². The normalized spacial score (nSPS) is 12.1. The van der Waals surface area contributed by atoms with Crippen LogP contribution >= 0.6 is 23.4 Å². The van der Waals surface area contributed by atoms with Crippen molar-refractivity contribution in [2.45, 2.75) is 45.0 Å². The van der Waals surface area contributed by atoms with Crippen LogP contribution in [0.3, 0.4) is 0 Å². The highest BCUT2D eigenvalue weighted by Gasteiger charge is 2.20. The van der Waals surface area contributed by atoms with Gasteiger partial charge >= 0.3 is 0 Å². The number of rotatable bonds is 5. The Morgan fingerprint density at radius 2 is 1.79 bits per heavy atom. The van der Waals surface area contributed by atoms with Crippen LogP contribution in [0, 0.1) is 27.7 Å². The molecule has 1 unspecified atom stereocenters. The second kappa shape index (κ2) is 8.37. The number of amides is 1. The molecular weight excluding hydrogens is 392 g/mol. The molecule has 1 aromatic heterocycles. The zero-order valence-corrected chi connectivity index (χ0v) is 18.1. The van der Waals surface area contributed by atoms with Crippen molar-refractivity contribution in [3.8, 4) is 5.69 Å². The maximum Gasteiger partial charge on any atom is 0.237 e. The van der Waals surface area contributed by atoms with Gasteiger partial charge in [-0.3, -0.25) is 9.36 Å². The fraction of sp³-hybridized carbons (Fsp3) is 0.286. The van der Waals surface area contributed by atoms with Gasteiger partial charge < -0.3 is 5.32 Å². The van der Waals surface area contributed by atoms with E-state index in [1.54, 1.807) is 6.33 Å². The molecule has 1 heterocycles. The fourth-order valence-electron chi connectivity index (χ4n) is 3.03. The van der Waals surface area contributed by atoms with E-state index in [2.05, 4.69) is 27.6 Å². The van der Waals surface area contributed by atoms with Crippen molar-refractivity contribution in [2.24, 2.45) is 0 Å². The second-order valence-electron chi connectivity index (χ2n) is 6.94. The number of hydrogen-bond acceptors (Lipinski definition) is 4. The lowest BCUT2D eigenvalue weighted by Crippen LogP contribution is -2.24. The van der Waals surface area contributed by atoms with Crippen LogP contribution < -0.4 is 5.32 Å². The van der Waals surface area contributed by atoms with Gasteiger partial charge in [0, 0.05) is 10.7 Å². The van der Waals surface area contributed by atoms with Gasteiger partial charge in [0.15, 0.2) is 5.16 Å². The van der Waals surface area contributed by atoms with Gasteiger partial charge in [-0.1, -0.05) is 47.1 Å². The topological polar surface area (TPSA) is 59.8 Å². The van der Waals surface area contributed by atoms with Crippen LogP contribution in [0.25, 0.3) is 5.69 Å². The lowest BCUT2D eigenvalue weighted by Gasteiger charge is -2.16. The predicted octanol–water partition coefficient (Wildman–Crippen LogP) is 5.27. The van der Waals surface area contributed by atoms with E-state index in [9.17, 15) is 4.79 Å². The molecule has 0 aliphatic heterocycles. The van der Waals surface area contributed by atoms with Crippen LogP contribution in [0.2, 0.25) is 5.02 Å². The van der Waals surface area contributed by atoms with E-state index in [1.165, 1.54) is 17.3 Å². The molecule has 146 valence electrons. The number of benzene rings is 2. The second-order valence-corrected chi connectivity index (χ2v) is 8.66. The minimum atomic E-state index is -0.344. The summed E-state index contributed by atoms with van der Waals surface area (Å²) in [6.45, 7) is 9.87. The number of hydrogen-bond donors (Lipinski definition) is 1. The summed E-state index contributed by atoms with van der Waals surface area (Å²) in [6, 6.07) is 9.91. The number of nitrogens with one attached hydrogen (secondary N) is 1. The smallest absolute Gasteiger partial charge is 0.237 e. The van der Waals surface area contributed by atoms with Gasteiger partial charge in [0.25, 0.3) is 0 Å². The van der Waals surface area contributed by atoms with Crippen LogP contribution in [0.4, 0.5) is 5.69 Å². The van der Waals surface area contributed by atoms with Crippen molar-refractivity contribution in [2.75, 3.05) is 5.32 Å². The van der Waals surface area contributed by atoms with Crippen molar-refractivity contribution in [3.05, 3.63) is 63.9 Å². The lowest BCUT2D eigenvalue weighted by atomic mass is 10.1. The Morgan fingerprint density at radius 3 is 2.43 bits per heavy atom. The zero-order chi connectivity index (χ0) is 20.4. The van der Waals surface area contributed by atoms with Crippen molar-refractivity contribution >= 4 is 35.0 Å². The molecule has 0 spiro atoms. The van der Waals surface area contributed by atoms with E-state index < -0.39 is 0 Å². The van der Waals surface area contributed by atoms with Crippen LogP contribution in [0.15, 0.2) is 41.8 Å². The Bertz CT molecular complexity index is 1010. The Balaban J connectivity index is 1.77. The first kappa shape index (κ1) is 20.4. The third kappa shape index (κ3) is 4.39. The molecule has 0 saturated heterocycles. The third-order valence-electron chi connectivity index (χ3n) is 4.53. The van der Waals surface area contributed by atoms with Crippen molar-refractivity contribution < 1.29 is 4.79 Å². The SMILES string of the molecule is Cc1cc(C)c(NC(=O)C(C)Sc2nncn2-c2ccc(C)c(Cl)c2)c(C)c1. The molecule has 7 heteroatoms. The number of halogens is 1. The molecule has 0 fully saturated rings. The van der Waals surface area contributed by atoms with Crippen LogP contribution in [-0.4, -0.2) is 25.9 Å². The summed E-state index contributed by atoms with van der Waals surface area (Å²) in [4.78, 5) is 12.8. The maximum absolute atomic E-state index is 12.8. The van der Waals surface area contributed by atoms with Gasteiger partial charge in [-0.2, -0.15) is 0 Å². The number of carbonyl (C=O) groups is 1. The lowest BCUT2D eigenvalue weighted by molar-refractivity contribution is -0.115. The van der Waals surface area contributed by atoms with Gasteiger partial charge in [-0.05, 0) is 63.4 Å². The highest BCUT2D eigenvalue weighted by atomic mass is 35.5. The molecule has 3 rings (SSSR count). The molecule has 0 aliphatic rings. The number of aryl methyl sites for hydroxylation is 4. The Kier molecular flexibility index (Phi) is 6.10. The molecule has 2 aromatic carbocycles. The number of thioether (sulfide) groups is 1. The molecule has 3 aromatic rings. The maximum atomic E-state index is 12.8. The van der Waals surface area contributed by atoms with Gasteiger partial charge in [-0.15, -0.1) is 10.2 Å². The summed E-state index contributed by atoms with van der Waals surface area (Å²) in [5, 5.41) is 12.2. The molecule has 28 heavy (non-hydrogen) atoms. The van der Waals surface area contributed by atoms with Crippen molar-refractivity contribution in [3.63, 3.8) is 0 Å². The van der Waals surface area contributed by atoms with Gasteiger partial charge in [0.05, 0.1) is 10.9 Å². The molecule has 0 saturated carbocycles. The van der Waals surface area contributed by atoms with Gasteiger partial charge in [0.1, 0.15) is 6.33 Å². The quantitative estimate of drug-likeness (QED) is 0.577. The predicted molar refractivity (Wildman–Crippen MR) is 116 cm³/mol. The van der Waals surface area contributed by atoms with E-state index in [4.69, 9.17) is 11.6 Å². The summed E-state index contributed by atoms with van der Waals surface area (Å²) in [6.07, 6.45) is 1.63. The Labute approximate surface area is 174 Å². The Morgan fingerprint density at radius 1 is 1.11 bits per heavy atom. The first-order chi connectivity index (χ1) is 13.3. The molecular formula is C21H23ClN4OS. The van der Waals surface area contributed by atoms with E-state index in [-0.39, 0.29) is 11.2 Å². The van der Waals surface area contributed by atoms with Crippen molar-refractivity contribution in [1.29, 1.82) is 0 Å². The number of carbonyl (C=O) groups excluding carboxylic acids is 1. The van der Waals surface area contributed by atoms with E-state index in [0.717, 1.165) is 28.1 Å². The van der Waals surface area contributed by atoms with Gasteiger partial charge in [-0.25, -0.2) is 0 Å². The molecule has 1 N–H and O–H groups in total. The monoisotopic (exact) mass is 414 g/mol. The Hall–Kier alpha value is -2.31. The fourth-order valence-corrected chi connectivity index (χ4v) is 4.04. The highest BCUT2D eigenvalue weighted by molar-refractivity contribution is 8.00. The number of aromatic nitrogens is 3. The summed E-state index contributed by atoms with van der Waals surface area (Å²) < 4.78 is 1.84. The number of anilines is 1. The number of nitrogens with zero attached hydrogens (tertiary/aromatic N) is 3. The van der Waals surface area contributed by atoms with E-state index in [1.807, 2.05) is 57.4 Å². The van der Waals surface area contributed by atoms with E-state index >= 15 is 0 Å². The van der Waals surface area contributed by atoms with Crippen LogP contribution in [-0.2, 0) is 4.79 Å². The highest BCUT2D eigenvalue weighted by Crippen LogP contribution is 2.28. The molecule has 0 aliphatic carbocycles. The molecule has 0 radical (unpaired) electrons. The minimum absolute atomic E-state index is 0.0726. The molecule has 0 bridgehead atoms. The average Bonchev–Trinajstić information content (AvgIpc) is 3.08. The summed E-state index contributed by atoms with van der Waals surface area (Å²) in [7, 11) is 0. The minimum Gasteiger partial charge on any atom is -0.325 e. The largest absolute Gasteiger partial charge is 0.325 e. The van der Waals surface area contributed by atoms with Crippen LogP contribution in [0.5, 0.6) is 0 Å². The van der Waals surface area contributed by atoms with Crippen molar-refractivity contribution in [1.82, 2.24) is 14.8 Å². The zero-order valence-electron chi connectivity index (χ0n) is 16.6. The van der Waals surface area contributed by atoms with Crippen LogP contribution in [0.1, 0.15) is 29.2 Å². The summed E-state index contributed by atoms with van der Waals surface area (Å²) in [5.41, 5.74) is 6.03. The first-order valence-corrected chi connectivity index (χ1v) is 10.2. The third-order valence-corrected chi connectivity index (χ3v) is 5.99. The molecule has 1 amide bonds. The average molecular weight is 415 g/mol. The molecule has 5 nitrogen and oxygen atoms in total. The first-order valence-electron chi connectivity index (χ1n) is 8.98. The summed E-state index contributed by atoms with van der Waals surface area (Å²) >= 11 is 7.60.